The fourth-order valence-corrected chi connectivity index (χ4v) is 8.01. The number of hydrogen-bond donors (Lipinski definition) is 0. The van der Waals surface area contributed by atoms with Gasteiger partial charge in [0.1, 0.15) is 15.6 Å². The van der Waals surface area contributed by atoms with Crippen molar-refractivity contribution in [2.45, 2.75) is 56.0 Å². The maximum absolute atomic E-state index is 12.5. The lowest BCUT2D eigenvalue weighted by molar-refractivity contribution is 0.164. The normalized spacial score (nSPS) is 22.4. The molecule has 1 saturated heterocycles. The number of ether oxygens (including phenoxy) is 1. The zero-order valence-corrected chi connectivity index (χ0v) is 23.6. The first-order chi connectivity index (χ1) is 17.4. The van der Waals surface area contributed by atoms with Crippen molar-refractivity contribution in [1.29, 1.82) is 5.26 Å². The van der Waals surface area contributed by atoms with Gasteiger partial charge in [-0.15, -0.1) is 0 Å². The van der Waals surface area contributed by atoms with Crippen molar-refractivity contribution >= 4 is 31.3 Å². The number of sulfone groups is 2. The minimum Gasteiger partial charge on any atom is -0.493 e. The first kappa shape index (κ1) is 27.9. The van der Waals surface area contributed by atoms with Gasteiger partial charge in [0.25, 0.3) is 0 Å². The van der Waals surface area contributed by atoms with Gasteiger partial charge in [-0.05, 0) is 86.6 Å². The number of likely N-dealkylation sites (tertiary alicyclic amines) is 1. The van der Waals surface area contributed by atoms with E-state index in [2.05, 4.69) is 17.9 Å². The molecule has 0 N–H and O–H groups in total. The quantitative estimate of drug-likeness (QED) is 0.452. The van der Waals surface area contributed by atoms with Crippen LogP contribution in [0.3, 0.4) is 0 Å². The van der Waals surface area contributed by atoms with Crippen molar-refractivity contribution in [3.8, 4) is 11.8 Å². The fourth-order valence-electron chi connectivity index (χ4n) is 5.61. The summed E-state index contributed by atoms with van der Waals surface area (Å²) < 4.78 is 53.5. The van der Waals surface area contributed by atoms with Crippen molar-refractivity contribution in [1.82, 2.24) is 4.90 Å². The lowest BCUT2D eigenvalue weighted by Gasteiger charge is -2.35. The standard InChI is InChI=1S/C27H33ClN2O5S2/c1-19-12-20(17-30(19)24-4-9-27-21(15-24)13-23(28)14-22(27)16-29)18-35-25-5-7-26(8-6-25)37(33,34)11-3-10-36(2,31)32/h5-8,13-14,19-20,24H,3-4,9-12,15,17-18H2,1-2H3/t19-,20+,24-/m1/s1. The summed E-state index contributed by atoms with van der Waals surface area (Å²) in [7, 11) is -6.73. The van der Waals surface area contributed by atoms with Crippen LogP contribution in [0, 0.1) is 17.2 Å². The summed E-state index contributed by atoms with van der Waals surface area (Å²) in [6.45, 7) is 3.73. The first-order valence-electron chi connectivity index (χ1n) is 12.6. The summed E-state index contributed by atoms with van der Waals surface area (Å²) in [5.41, 5.74) is 3.00. The van der Waals surface area contributed by atoms with E-state index in [1.807, 2.05) is 6.07 Å². The van der Waals surface area contributed by atoms with Gasteiger partial charge in [-0.25, -0.2) is 16.8 Å². The molecular formula is C27H33ClN2O5S2. The van der Waals surface area contributed by atoms with Gasteiger partial charge < -0.3 is 4.74 Å². The molecule has 0 aromatic heterocycles. The Morgan fingerprint density at radius 2 is 1.86 bits per heavy atom. The number of rotatable bonds is 9. The zero-order valence-electron chi connectivity index (χ0n) is 21.2. The second-order valence-corrected chi connectivity index (χ2v) is 15.1. The average Bonchev–Trinajstić information content (AvgIpc) is 3.21. The number of nitrogens with zero attached hydrogens (tertiary/aromatic N) is 2. The van der Waals surface area contributed by atoms with Gasteiger partial charge in [-0.2, -0.15) is 5.26 Å². The number of hydrogen-bond acceptors (Lipinski definition) is 7. The van der Waals surface area contributed by atoms with E-state index in [0.717, 1.165) is 44.0 Å². The van der Waals surface area contributed by atoms with Crippen LogP contribution in [0.5, 0.6) is 5.75 Å². The Balaban J connectivity index is 1.31. The zero-order chi connectivity index (χ0) is 26.8. The maximum Gasteiger partial charge on any atom is 0.178 e. The summed E-state index contributed by atoms with van der Waals surface area (Å²) >= 11 is 6.26. The van der Waals surface area contributed by atoms with Crippen LogP contribution in [0.2, 0.25) is 5.02 Å². The van der Waals surface area contributed by atoms with Crippen LogP contribution in [0.4, 0.5) is 0 Å². The van der Waals surface area contributed by atoms with E-state index >= 15 is 0 Å². The van der Waals surface area contributed by atoms with E-state index in [1.165, 1.54) is 17.7 Å². The summed E-state index contributed by atoms with van der Waals surface area (Å²) in [6, 6.07) is 13.2. The largest absolute Gasteiger partial charge is 0.493 e. The van der Waals surface area contributed by atoms with Gasteiger partial charge in [-0.1, -0.05) is 11.6 Å². The highest BCUT2D eigenvalue weighted by atomic mass is 35.5. The molecule has 10 heteroatoms. The van der Waals surface area contributed by atoms with Crippen molar-refractivity contribution in [3.63, 3.8) is 0 Å². The molecule has 2 aromatic carbocycles. The van der Waals surface area contributed by atoms with Gasteiger partial charge in [0, 0.05) is 35.8 Å². The summed E-state index contributed by atoms with van der Waals surface area (Å²) in [6.07, 6.45) is 4.99. The molecule has 0 amide bonds. The van der Waals surface area contributed by atoms with Crippen LogP contribution in [0.1, 0.15) is 42.9 Å². The molecule has 1 heterocycles. The third-order valence-corrected chi connectivity index (χ3v) is 10.5. The van der Waals surface area contributed by atoms with E-state index < -0.39 is 19.7 Å². The van der Waals surface area contributed by atoms with E-state index in [4.69, 9.17) is 16.3 Å². The molecule has 0 radical (unpaired) electrons. The summed E-state index contributed by atoms with van der Waals surface area (Å²) in [5.74, 6) is 0.633. The summed E-state index contributed by atoms with van der Waals surface area (Å²) in [5, 5.41) is 10.1. The van der Waals surface area contributed by atoms with Gasteiger partial charge in [0.15, 0.2) is 9.84 Å². The van der Waals surface area contributed by atoms with Crippen LogP contribution >= 0.6 is 11.6 Å². The Kier molecular flexibility index (Phi) is 8.54. The maximum atomic E-state index is 12.5. The van der Waals surface area contributed by atoms with E-state index in [1.54, 1.807) is 18.2 Å². The highest BCUT2D eigenvalue weighted by Gasteiger charge is 2.36. The van der Waals surface area contributed by atoms with Crippen LogP contribution in [-0.2, 0) is 32.5 Å². The monoisotopic (exact) mass is 564 g/mol. The van der Waals surface area contributed by atoms with E-state index in [-0.39, 0.29) is 22.8 Å². The molecule has 2 aromatic rings. The van der Waals surface area contributed by atoms with Crippen LogP contribution in [0.25, 0.3) is 0 Å². The molecule has 3 atom stereocenters. The Bertz CT molecular complexity index is 1390. The highest BCUT2D eigenvalue weighted by molar-refractivity contribution is 7.92. The van der Waals surface area contributed by atoms with Crippen molar-refractivity contribution in [2.24, 2.45) is 5.92 Å². The molecule has 1 aliphatic carbocycles. The fraction of sp³-hybridized carbons (Fsp3) is 0.519. The molecule has 37 heavy (non-hydrogen) atoms. The number of benzene rings is 2. The Morgan fingerprint density at radius 3 is 2.54 bits per heavy atom. The van der Waals surface area contributed by atoms with Gasteiger partial charge in [-0.3, -0.25) is 4.90 Å². The predicted octanol–water partition coefficient (Wildman–Crippen LogP) is 4.07. The van der Waals surface area contributed by atoms with Crippen LogP contribution in [0.15, 0.2) is 41.3 Å². The average molecular weight is 565 g/mol. The number of fused-ring (bicyclic) bond motifs is 1. The van der Waals surface area contributed by atoms with Crippen molar-refractivity contribution in [2.75, 3.05) is 30.9 Å². The second kappa shape index (κ2) is 11.3. The third-order valence-electron chi connectivity index (χ3n) is 7.39. The highest BCUT2D eigenvalue weighted by Crippen LogP contribution is 2.34. The predicted molar refractivity (Wildman–Crippen MR) is 145 cm³/mol. The van der Waals surface area contributed by atoms with Crippen molar-refractivity contribution in [3.05, 3.63) is 58.1 Å². The molecule has 7 nitrogen and oxygen atoms in total. The Hall–Kier alpha value is -2.12. The molecule has 0 saturated carbocycles. The first-order valence-corrected chi connectivity index (χ1v) is 16.6. The van der Waals surface area contributed by atoms with Crippen LogP contribution < -0.4 is 4.74 Å². The molecular weight excluding hydrogens is 532 g/mol. The lowest BCUT2D eigenvalue weighted by Crippen LogP contribution is -2.41. The molecule has 0 bridgehead atoms. The van der Waals surface area contributed by atoms with Gasteiger partial charge in [0.2, 0.25) is 0 Å². The molecule has 4 rings (SSSR count). The minimum absolute atomic E-state index is 0.0783. The molecule has 1 fully saturated rings. The van der Waals surface area contributed by atoms with Gasteiger partial charge in [0.05, 0.1) is 34.6 Å². The molecule has 2 aliphatic rings. The smallest absolute Gasteiger partial charge is 0.178 e. The Labute approximate surface area is 225 Å². The van der Waals surface area contributed by atoms with Crippen molar-refractivity contribution < 1.29 is 21.6 Å². The molecule has 1 aliphatic heterocycles. The van der Waals surface area contributed by atoms with Gasteiger partial charge >= 0.3 is 0 Å². The Morgan fingerprint density at radius 1 is 1.14 bits per heavy atom. The SMILES string of the molecule is C[C@@H]1C[C@H](COc2ccc(S(=O)(=O)CCCS(C)(=O)=O)cc2)CN1[C@@H]1CCc2c(C#N)cc(Cl)cc2C1. The second-order valence-electron chi connectivity index (χ2n) is 10.3. The van der Waals surface area contributed by atoms with E-state index in [9.17, 15) is 22.1 Å². The molecule has 0 spiro atoms. The minimum atomic E-state index is -3.54. The molecule has 0 unspecified atom stereocenters. The van der Waals surface area contributed by atoms with Crippen LogP contribution in [-0.4, -0.2) is 64.7 Å². The lowest BCUT2D eigenvalue weighted by atomic mass is 9.85. The number of halogens is 1. The molecule has 200 valence electrons. The summed E-state index contributed by atoms with van der Waals surface area (Å²) in [4.78, 5) is 2.72. The number of nitriles is 1. The van der Waals surface area contributed by atoms with E-state index in [0.29, 0.717) is 40.9 Å². The topological polar surface area (TPSA) is 105 Å². The third kappa shape index (κ3) is 7.05.